The van der Waals surface area contributed by atoms with Gasteiger partial charge in [0, 0.05) is 14.1 Å². The Morgan fingerprint density at radius 3 is 2.40 bits per heavy atom. The van der Waals surface area contributed by atoms with E-state index in [0.717, 1.165) is 11.4 Å². The van der Waals surface area contributed by atoms with Gasteiger partial charge in [-0.2, -0.15) is 0 Å². The maximum absolute atomic E-state index is 12.6. The number of nitrogens with zero attached hydrogens (tertiary/aromatic N) is 2. The number of rotatable bonds is 2. The highest BCUT2D eigenvalue weighted by Crippen LogP contribution is 2.33. The van der Waals surface area contributed by atoms with Gasteiger partial charge in [-0.1, -0.05) is 12.1 Å². The molecule has 1 aromatic carbocycles. The highest BCUT2D eigenvalue weighted by molar-refractivity contribution is 6.19. The molecule has 0 radical (unpaired) electrons. The molecule has 0 fully saturated rings. The van der Waals surface area contributed by atoms with Crippen molar-refractivity contribution in [3.63, 3.8) is 0 Å². The fourth-order valence-electron chi connectivity index (χ4n) is 2.60. The van der Waals surface area contributed by atoms with Crippen LogP contribution < -0.4 is 21.3 Å². The third-order valence-corrected chi connectivity index (χ3v) is 3.68. The molecule has 6 nitrogen and oxygen atoms in total. The van der Waals surface area contributed by atoms with E-state index < -0.39 is 23.3 Å². The smallest absolute Gasteiger partial charge is 0.256 e. The van der Waals surface area contributed by atoms with Crippen LogP contribution in [0.3, 0.4) is 0 Å². The van der Waals surface area contributed by atoms with E-state index in [9.17, 15) is 9.59 Å². The van der Waals surface area contributed by atoms with Crippen molar-refractivity contribution in [3.8, 4) is 0 Å². The molecule has 6 heteroatoms. The minimum Gasteiger partial charge on any atom is -0.370 e. The van der Waals surface area contributed by atoms with Gasteiger partial charge >= 0.3 is 0 Å². The Bertz CT molecular complexity index is 558. The van der Waals surface area contributed by atoms with E-state index in [1.54, 1.807) is 21.0 Å². The molecule has 0 saturated carbocycles. The van der Waals surface area contributed by atoms with Crippen LogP contribution in [0.2, 0.25) is 0 Å². The second kappa shape index (κ2) is 4.88. The van der Waals surface area contributed by atoms with Gasteiger partial charge < -0.3 is 21.3 Å². The maximum Gasteiger partial charge on any atom is 0.256 e. The minimum atomic E-state index is -1.63. The average molecular weight is 276 g/mol. The molecule has 1 aliphatic heterocycles. The Labute approximate surface area is 118 Å². The number of carbonyl (C=O) groups is 2. The maximum atomic E-state index is 12.6. The lowest BCUT2D eigenvalue weighted by Crippen LogP contribution is -2.67. The van der Waals surface area contributed by atoms with Crippen LogP contribution in [-0.4, -0.2) is 43.9 Å². The summed E-state index contributed by atoms with van der Waals surface area (Å²) in [6.45, 7) is 1.65. The summed E-state index contributed by atoms with van der Waals surface area (Å²) >= 11 is 0. The van der Waals surface area contributed by atoms with Crippen molar-refractivity contribution in [3.05, 3.63) is 24.3 Å². The molecule has 1 heterocycles. The molecule has 0 aliphatic carbocycles. The summed E-state index contributed by atoms with van der Waals surface area (Å²) in [5.74, 6) is -0.884. The zero-order valence-corrected chi connectivity index (χ0v) is 12.0. The lowest BCUT2D eigenvalue weighted by atomic mass is 9.89. The number of benzene rings is 1. The number of amides is 1. The predicted octanol–water partition coefficient (Wildman–Crippen LogP) is -0.287. The topological polar surface area (TPSA) is 92.7 Å². The fourth-order valence-corrected chi connectivity index (χ4v) is 2.60. The normalized spacial score (nSPS) is 24.1. The predicted molar refractivity (Wildman–Crippen MR) is 78.7 cm³/mol. The molecular weight excluding hydrogens is 256 g/mol. The van der Waals surface area contributed by atoms with E-state index in [-0.39, 0.29) is 6.54 Å². The standard InChI is InChI=1S/C14H20N4O2/c1-9(15)12(19)14(16)8-17(2)10-6-4-5-7-11(10)18(3)13(14)20/h4-7,9H,8,15-16H2,1-3H3/t9-,14?/m0/s1. The first kappa shape index (κ1) is 14.5. The van der Waals surface area contributed by atoms with Crippen molar-refractivity contribution in [1.82, 2.24) is 0 Å². The molecule has 2 rings (SSSR count). The van der Waals surface area contributed by atoms with Crippen molar-refractivity contribution in [2.75, 3.05) is 30.4 Å². The molecule has 1 aromatic rings. The summed E-state index contributed by atoms with van der Waals surface area (Å²) < 4.78 is 0. The number of nitrogens with two attached hydrogens (primary N) is 2. The lowest BCUT2D eigenvalue weighted by molar-refractivity contribution is -0.134. The van der Waals surface area contributed by atoms with E-state index in [1.165, 1.54) is 4.90 Å². The number of ketones is 1. The van der Waals surface area contributed by atoms with E-state index in [4.69, 9.17) is 11.5 Å². The quantitative estimate of drug-likeness (QED) is 0.724. The van der Waals surface area contributed by atoms with E-state index in [1.807, 2.05) is 29.2 Å². The molecule has 20 heavy (non-hydrogen) atoms. The van der Waals surface area contributed by atoms with Gasteiger partial charge in [0.1, 0.15) is 0 Å². The van der Waals surface area contributed by atoms with Gasteiger partial charge in [-0.05, 0) is 19.1 Å². The fraction of sp³-hybridized carbons (Fsp3) is 0.429. The first-order chi connectivity index (χ1) is 9.29. The Morgan fingerprint density at radius 2 is 1.85 bits per heavy atom. The molecule has 1 unspecified atom stereocenters. The zero-order chi connectivity index (χ0) is 15.1. The molecule has 108 valence electrons. The molecule has 4 N–H and O–H groups in total. The number of hydrogen-bond donors (Lipinski definition) is 2. The van der Waals surface area contributed by atoms with E-state index in [2.05, 4.69) is 0 Å². The zero-order valence-electron chi connectivity index (χ0n) is 12.0. The number of anilines is 2. The number of carbonyl (C=O) groups excluding carboxylic acids is 2. The third kappa shape index (κ3) is 2.07. The Hall–Kier alpha value is -1.92. The van der Waals surface area contributed by atoms with Gasteiger partial charge in [0.15, 0.2) is 11.3 Å². The van der Waals surface area contributed by atoms with Gasteiger partial charge in [-0.3, -0.25) is 9.59 Å². The average Bonchev–Trinajstić information content (AvgIpc) is 2.50. The van der Waals surface area contributed by atoms with Crippen LogP contribution in [0, 0.1) is 0 Å². The summed E-state index contributed by atoms with van der Waals surface area (Å²) in [4.78, 5) is 28.2. The van der Waals surface area contributed by atoms with Crippen molar-refractivity contribution < 1.29 is 9.59 Å². The van der Waals surface area contributed by atoms with Gasteiger partial charge in [-0.25, -0.2) is 0 Å². The number of likely N-dealkylation sites (N-methyl/N-ethyl adjacent to an activating group) is 2. The molecule has 0 aromatic heterocycles. The molecule has 0 saturated heterocycles. The van der Waals surface area contributed by atoms with Crippen LogP contribution in [0.15, 0.2) is 24.3 Å². The van der Waals surface area contributed by atoms with Crippen LogP contribution in [0.1, 0.15) is 6.92 Å². The summed E-state index contributed by atoms with van der Waals surface area (Å²) in [7, 11) is 3.43. The van der Waals surface area contributed by atoms with Crippen molar-refractivity contribution in [2.24, 2.45) is 11.5 Å². The minimum absolute atomic E-state index is 0.105. The summed E-state index contributed by atoms with van der Waals surface area (Å²) in [5, 5.41) is 0. The van der Waals surface area contributed by atoms with E-state index >= 15 is 0 Å². The molecule has 1 amide bonds. The molecular formula is C14H20N4O2. The second-order valence-corrected chi connectivity index (χ2v) is 5.33. The van der Waals surface area contributed by atoms with Crippen LogP contribution in [-0.2, 0) is 9.59 Å². The third-order valence-electron chi connectivity index (χ3n) is 3.68. The summed E-state index contributed by atoms with van der Waals surface area (Å²) in [6.07, 6.45) is 0. The van der Waals surface area contributed by atoms with Crippen LogP contribution in [0.25, 0.3) is 0 Å². The first-order valence-electron chi connectivity index (χ1n) is 6.46. The van der Waals surface area contributed by atoms with Crippen LogP contribution in [0.4, 0.5) is 11.4 Å². The summed E-state index contributed by atoms with van der Waals surface area (Å²) in [5.41, 5.74) is 11.7. The van der Waals surface area contributed by atoms with Crippen molar-refractivity contribution in [1.29, 1.82) is 0 Å². The summed E-state index contributed by atoms with van der Waals surface area (Å²) in [6, 6.07) is 6.65. The van der Waals surface area contributed by atoms with Gasteiger partial charge in [-0.15, -0.1) is 0 Å². The second-order valence-electron chi connectivity index (χ2n) is 5.33. The Balaban J connectivity index is 2.54. The number of para-hydroxylation sites is 2. The molecule has 1 aliphatic rings. The highest BCUT2D eigenvalue weighted by Gasteiger charge is 2.48. The Kier molecular flexibility index (Phi) is 3.54. The SMILES string of the molecule is C[C@H](N)C(=O)C1(N)CN(C)c2ccccc2N(C)C1=O. The van der Waals surface area contributed by atoms with Crippen LogP contribution in [0.5, 0.6) is 0 Å². The van der Waals surface area contributed by atoms with Gasteiger partial charge in [0.25, 0.3) is 5.91 Å². The highest BCUT2D eigenvalue weighted by atomic mass is 16.2. The lowest BCUT2D eigenvalue weighted by Gasteiger charge is -2.31. The van der Waals surface area contributed by atoms with E-state index in [0.29, 0.717) is 0 Å². The van der Waals surface area contributed by atoms with Crippen LogP contribution >= 0.6 is 0 Å². The van der Waals surface area contributed by atoms with Gasteiger partial charge in [0.05, 0.1) is 24.0 Å². The van der Waals surface area contributed by atoms with Crippen molar-refractivity contribution >= 4 is 23.1 Å². The number of fused-ring (bicyclic) bond motifs is 1. The monoisotopic (exact) mass is 276 g/mol. The van der Waals surface area contributed by atoms with Crippen molar-refractivity contribution in [2.45, 2.75) is 18.5 Å². The number of hydrogen-bond acceptors (Lipinski definition) is 5. The largest absolute Gasteiger partial charge is 0.370 e. The molecule has 0 spiro atoms. The van der Waals surface area contributed by atoms with Gasteiger partial charge in [0.2, 0.25) is 0 Å². The molecule has 0 bridgehead atoms. The molecule has 2 atom stereocenters. The Morgan fingerprint density at radius 1 is 1.30 bits per heavy atom. The first-order valence-corrected chi connectivity index (χ1v) is 6.46. The number of Topliss-reactive ketones (excluding diaryl/α,β-unsaturated/α-hetero) is 1.